The lowest BCUT2D eigenvalue weighted by molar-refractivity contribution is 0.0947. The first-order valence-electron chi connectivity index (χ1n) is 8.12. The number of hydrogen-bond donors (Lipinski definition) is 3. The molecule has 3 aromatic rings. The van der Waals surface area contributed by atoms with Gasteiger partial charge in [0.1, 0.15) is 5.75 Å². The molecule has 146 valence electrons. The molecule has 3 rings (SSSR count). The van der Waals surface area contributed by atoms with Crippen LogP contribution in [0.15, 0.2) is 59.8 Å². The molecule has 0 fully saturated rings. The summed E-state index contributed by atoms with van der Waals surface area (Å²) in [4.78, 5) is 12.5. The van der Waals surface area contributed by atoms with Gasteiger partial charge >= 0.3 is 0 Å². The summed E-state index contributed by atoms with van der Waals surface area (Å²) >= 11 is 5.92. The Labute approximate surface area is 166 Å². The predicted octanol–water partition coefficient (Wildman–Crippen LogP) is 2.80. The highest BCUT2D eigenvalue weighted by molar-refractivity contribution is 7.92. The number of hydrogen-bond acceptors (Lipinski definition) is 5. The van der Waals surface area contributed by atoms with Gasteiger partial charge in [0.05, 0.1) is 18.9 Å². The van der Waals surface area contributed by atoms with Crippen LogP contribution in [0.2, 0.25) is 5.02 Å². The highest BCUT2D eigenvalue weighted by Gasteiger charge is 2.25. The molecule has 0 saturated carbocycles. The van der Waals surface area contributed by atoms with Gasteiger partial charge < -0.3 is 10.1 Å². The molecule has 1 aromatic heterocycles. The summed E-state index contributed by atoms with van der Waals surface area (Å²) < 4.78 is 32.7. The zero-order valence-electron chi connectivity index (χ0n) is 14.8. The van der Waals surface area contributed by atoms with Gasteiger partial charge in [0.15, 0.2) is 5.03 Å². The Bertz CT molecular complexity index is 1080. The number of amides is 1. The van der Waals surface area contributed by atoms with Crippen LogP contribution in [0.5, 0.6) is 5.75 Å². The van der Waals surface area contributed by atoms with Crippen molar-refractivity contribution in [2.75, 3.05) is 11.8 Å². The van der Waals surface area contributed by atoms with Crippen molar-refractivity contribution in [3.05, 3.63) is 70.9 Å². The van der Waals surface area contributed by atoms with Crippen LogP contribution >= 0.6 is 11.6 Å². The Hall–Kier alpha value is -3.04. The van der Waals surface area contributed by atoms with Crippen molar-refractivity contribution in [1.82, 2.24) is 15.5 Å². The second-order valence-electron chi connectivity index (χ2n) is 5.76. The van der Waals surface area contributed by atoms with E-state index in [9.17, 15) is 13.2 Å². The van der Waals surface area contributed by atoms with E-state index in [1.165, 1.54) is 7.11 Å². The number of methoxy groups -OCH3 is 1. The summed E-state index contributed by atoms with van der Waals surface area (Å²) in [6.07, 6.45) is 1.16. The Morgan fingerprint density at radius 3 is 2.64 bits per heavy atom. The number of halogens is 1. The smallest absolute Gasteiger partial charge is 0.279 e. The number of benzene rings is 2. The average molecular weight is 421 g/mol. The molecule has 28 heavy (non-hydrogen) atoms. The number of carbonyl (C=O) groups excluding carboxylic acids is 1. The third kappa shape index (κ3) is 4.62. The first-order valence-corrected chi connectivity index (χ1v) is 9.98. The van der Waals surface area contributed by atoms with Crippen molar-refractivity contribution >= 4 is 33.2 Å². The number of nitrogens with one attached hydrogen (secondary N) is 3. The van der Waals surface area contributed by atoms with Crippen LogP contribution < -0.4 is 14.8 Å². The van der Waals surface area contributed by atoms with E-state index in [-0.39, 0.29) is 17.1 Å². The second kappa shape index (κ2) is 8.32. The minimum Gasteiger partial charge on any atom is -0.497 e. The molecule has 0 saturated heterocycles. The highest BCUT2D eigenvalue weighted by atomic mass is 35.5. The van der Waals surface area contributed by atoms with E-state index >= 15 is 0 Å². The molecule has 0 aliphatic heterocycles. The molecule has 0 bridgehead atoms. The lowest BCUT2D eigenvalue weighted by atomic mass is 10.2. The van der Waals surface area contributed by atoms with E-state index in [1.54, 1.807) is 48.5 Å². The number of ether oxygens (including phenoxy) is 1. The van der Waals surface area contributed by atoms with Crippen LogP contribution in [-0.2, 0) is 16.6 Å². The van der Waals surface area contributed by atoms with Crippen molar-refractivity contribution in [3.8, 4) is 5.75 Å². The molecule has 0 radical (unpaired) electrons. The summed E-state index contributed by atoms with van der Waals surface area (Å²) in [6.45, 7) is 0.190. The predicted molar refractivity (Wildman–Crippen MR) is 105 cm³/mol. The SMILES string of the molecule is COc1ccc(NS(=O)(=O)c2[nH]ncc2C(=O)NCc2cccc(Cl)c2)cc1. The maximum Gasteiger partial charge on any atom is 0.279 e. The van der Waals surface area contributed by atoms with E-state index in [1.807, 2.05) is 0 Å². The first-order chi connectivity index (χ1) is 13.4. The number of anilines is 1. The molecule has 10 heteroatoms. The van der Waals surface area contributed by atoms with E-state index in [0.717, 1.165) is 11.8 Å². The summed E-state index contributed by atoms with van der Waals surface area (Å²) in [7, 11) is -2.53. The fourth-order valence-electron chi connectivity index (χ4n) is 2.43. The van der Waals surface area contributed by atoms with Gasteiger partial charge in [-0.3, -0.25) is 14.6 Å². The summed E-state index contributed by atoms with van der Waals surface area (Å²) in [5.41, 5.74) is 1.01. The topological polar surface area (TPSA) is 113 Å². The minimum atomic E-state index is -4.05. The van der Waals surface area contributed by atoms with Gasteiger partial charge in [-0.15, -0.1) is 0 Å². The molecular weight excluding hydrogens is 404 g/mol. The Balaban J connectivity index is 1.74. The van der Waals surface area contributed by atoms with Gasteiger partial charge in [-0.25, -0.2) is 0 Å². The van der Waals surface area contributed by atoms with E-state index in [0.29, 0.717) is 16.5 Å². The van der Waals surface area contributed by atoms with Gasteiger partial charge in [0, 0.05) is 17.3 Å². The minimum absolute atomic E-state index is 0.0944. The standard InChI is InChI=1S/C18H17ClN4O4S/c1-27-15-7-5-14(6-8-15)23-28(25,26)18-16(11-21-22-18)17(24)20-10-12-3-2-4-13(19)9-12/h2-9,11,23H,10H2,1H3,(H,20,24)(H,21,22). The first kappa shape index (κ1) is 19.7. The van der Waals surface area contributed by atoms with Gasteiger partial charge in [-0.05, 0) is 42.0 Å². The number of aromatic nitrogens is 2. The number of carbonyl (C=O) groups is 1. The van der Waals surface area contributed by atoms with Crippen LogP contribution in [-0.4, -0.2) is 31.6 Å². The van der Waals surface area contributed by atoms with Crippen LogP contribution in [0, 0.1) is 0 Å². The number of aromatic amines is 1. The van der Waals surface area contributed by atoms with Crippen LogP contribution in [0.1, 0.15) is 15.9 Å². The van der Waals surface area contributed by atoms with Crippen molar-refractivity contribution in [3.63, 3.8) is 0 Å². The fraction of sp³-hybridized carbons (Fsp3) is 0.111. The maximum absolute atomic E-state index is 12.7. The number of rotatable bonds is 7. The van der Waals surface area contributed by atoms with E-state index in [4.69, 9.17) is 16.3 Å². The summed E-state index contributed by atoms with van der Waals surface area (Å²) in [5, 5.41) is 8.94. The lowest BCUT2D eigenvalue weighted by Crippen LogP contribution is -2.25. The van der Waals surface area contributed by atoms with Gasteiger partial charge in [-0.1, -0.05) is 23.7 Å². The summed E-state index contributed by atoms with van der Waals surface area (Å²) in [5.74, 6) is 0.00871. The zero-order valence-corrected chi connectivity index (χ0v) is 16.3. The molecule has 1 heterocycles. The van der Waals surface area contributed by atoms with Crippen molar-refractivity contribution in [2.24, 2.45) is 0 Å². The average Bonchev–Trinajstić information content (AvgIpc) is 3.18. The second-order valence-corrected chi connectivity index (χ2v) is 7.82. The fourth-order valence-corrected chi connectivity index (χ4v) is 3.80. The van der Waals surface area contributed by atoms with Crippen LogP contribution in [0.25, 0.3) is 0 Å². The monoisotopic (exact) mass is 420 g/mol. The largest absolute Gasteiger partial charge is 0.497 e. The third-order valence-electron chi connectivity index (χ3n) is 3.80. The summed E-state index contributed by atoms with van der Waals surface area (Å²) in [6, 6.07) is 13.3. The molecule has 0 unspecified atom stereocenters. The molecule has 0 spiro atoms. The lowest BCUT2D eigenvalue weighted by Gasteiger charge is -2.09. The van der Waals surface area contributed by atoms with Crippen molar-refractivity contribution in [2.45, 2.75) is 11.6 Å². The molecular formula is C18H17ClN4O4S. The van der Waals surface area contributed by atoms with Gasteiger partial charge in [0.25, 0.3) is 15.9 Å². The third-order valence-corrected chi connectivity index (χ3v) is 5.39. The van der Waals surface area contributed by atoms with Crippen LogP contribution in [0.4, 0.5) is 5.69 Å². The molecule has 1 amide bonds. The molecule has 0 aliphatic rings. The number of H-pyrrole nitrogens is 1. The number of sulfonamides is 1. The quantitative estimate of drug-likeness (QED) is 0.544. The van der Waals surface area contributed by atoms with Crippen molar-refractivity contribution in [1.29, 1.82) is 0 Å². The Kier molecular flexibility index (Phi) is 5.86. The van der Waals surface area contributed by atoms with Crippen molar-refractivity contribution < 1.29 is 17.9 Å². The Morgan fingerprint density at radius 2 is 1.96 bits per heavy atom. The molecule has 0 atom stereocenters. The Morgan fingerprint density at radius 1 is 1.21 bits per heavy atom. The van der Waals surface area contributed by atoms with Gasteiger partial charge in [0.2, 0.25) is 0 Å². The van der Waals surface area contributed by atoms with Crippen LogP contribution in [0.3, 0.4) is 0 Å². The zero-order chi connectivity index (χ0) is 20.1. The van der Waals surface area contributed by atoms with Gasteiger partial charge in [-0.2, -0.15) is 13.5 Å². The molecule has 2 aromatic carbocycles. The maximum atomic E-state index is 12.7. The normalized spacial score (nSPS) is 11.1. The molecule has 3 N–H and O–H groups in total. The van der Waals surface area contributed by atoms with E-state index in [2.05, 4.69) is 20.2 Å². The molecule has 0 aliphatic carbocycles. The highest BCUT2D eigenvalue weighted by Crippen LogP contribution is 2.20. The number of nitrogens with zero attached hydrogens (tertiary/aromatic N) is 1. The van der Waals surface area contributed by atoms with E-state index < -0.39 is 15.9 Å². The molecule has 8 nitrogen and oxygen atoms in total.